The van der Waals surface area contributed by atoms with E-state index in [9.17, 15) is 4.79 Å². The van der Waals surface area contributed by atoms with Gasteiger partial charge in [0.1, 0.15) is 0 Å². The van der Waals surface area contributed by atoms with Crippen LogP contribution in [0.15, 0.2) is 48.5 Å². The van der Waals surface area contributed by atoms with E-state index in [2.05, 4.69) is 29.7 Å². The Morgan fingerprint density at radius 1 is 1.18 bits per heavy atom. The van der Waals surface area contributed by atoms with Gasteiger partial charge in [-0.2, -0.15) is 0 Å². The minimum Gasteiger partial charge on any atom is -0.464 e. The maximum absolute atomic E-state index is 12.2. The number of carbonyl (C=O) groups is 1. The zero-order valence-electron chi connectivity index (χ0n) is 12.8. The molecule has 1 N–H and O–H groups in total. The number of hydrogen-bond acceptors (Lipinski definition) is 4. The average molecular weight is 297 g/mol. The maximum atomic E-state index is 12.2. The molecule has 0 saturated heterocycles. The smallest absolute Gasteiger partial charge is 0.345 e. The van der Waals surface area contributed by atoms with Crippen LogP contribution in [0.25, 0.3) is 16.5 Å². The summed E-state index contributed by atoms with van der Waals surface area (Å²) in [6.07, 6.45) is 2.32. The molecule has 2 aromatic rings. The lowest BCUT2D eigenvalue weighted by Gasteiger charge is -2.20. The molecule has 0 bridgehead atoms. The lowest BCUT2D eigenvalue weighted by atomic mass is 9.97. The standard InChI is InChI=1S/C18H19NO3/c1-3-18(17(20)21-4-2)12-16(19-22-18)15-10-9-13-7-5-6-8-14(13)11-15/h5-12,19H,3-4H2,1-2H3. The maximum Gasteiger partial charge on any atom is 0.345 e. The molecule has 1 aliphatic rings. The van der Waals surface area contributed by atoms with Gasteiger partial charge in [0, 0.05) is 5.56 Å². The summed E-state index contributed by atoms with van der Waals surface area (Å²) in [5.41, 5.74) is 3.61. The van der Waals surface area contributed by atoms with Crippen LogP contribution in [0.3, 0.4) is 0 Å². The van der Waals surface area contributed by atoms with Gasteiger partial charge < -0.3 is 4.74 Å². The molecular formula is C18H19NO3. The summed E-state index contributed by atoms with van der Waals surface area (Å²) in [6.45, 7) is 4.03. The number of rotatable bonds is 4. The Morgan fingerprint density at radius 3 is 2.68 bits per heavy atom. The number of ether oxygens (including phenoxy) is 1. The van der Waals surface area contributed by atoms with Gasteiger partial charge in [0.2, 0.25) is 5.60 Å². The zero-order chi connectivity index (χ0) is 15.6. The van der Waals surface area contributed by atoms with E-state index >= 15 is 0 Å². The first-order valence-corrected chi connectivity index (χ1v) is 7.52. The summed E-state index contributed by atoms with van der Waals surface area (Å²) >= 11 is 0. The average Bonchev–Trinajstić information content (AvgIpc) is 3.00. The Labute approximate surface area is 129 Å². The molecule has 4 nitrogen and oxygen atoms in total. The number of fused-ring (bicyclic) bond motifs is 1. The van der Waals surface area contributed by atoms with Gasteiger partial charge in [-0.05, 0) is 36.3 Å². The highest BCUT2D eigenvalue weighted by Gasteiger charge is 2.42. The summed E-state index contributed by atoms with van der Waals surface area (Å²) in [7, 11) is 0. The molecule has 0 aromatic heterocycles. The van der Waals surface area contributed by atoms with Gasteiger partial charge in [0.05, 0.1) is 12.3 Å². The van der Waals surface area contributed by atoms with Crippen LogP contribution in [0.2, 0.25) is 0 Å². The van der Waals surface area contributed by atoms with Crippen molar-refractivity contribution in [3.05, 3.63) is 54.1 Å². The van der Waals surface area contributed by atoms with Crippen LogP contribution in [-0.4, -0.2) is 18.2 Å². The predicted octanol–water partition coefficient (Wildman–Crippen LogP) is 3.43. The first kappa shape index (κ1) is 14.6. The molecule has 0 spiro atoms. The molecule has 0 radical (unpaired) electrons. The molecule has 2 aromatic carbocycles. The minimum atomic E-state index is -1.04. The fourth-order valence-electron chi connectivity index (χ4n) is 2.61. The minimum absolute atomic E-state index is 0.336. The van der Waals surface area contributed by atoms with Crippen LogP contribution in [0.5, 0.6) is 0 Å². The Morgan fingerprint density at radius 2 is 1.95 bits per heavy atom. The summed E-state index contributed by atoms with van der Waals surface area (Å²) in [5, 5.41) is 2.32. The van der Waals surface area contributed by atoms with Gasteiger partial charge in [-0.1, -0.05) is 43.3 Å². The molecule has 1 atom stereocenters. The fraction of sp³-hybridized carbons (Fsp3) is 0.278. The van der Waals surface area contributed by atoms with Crippen LogP contribution in [0.4, 0.5) is 0 Å². The third kappa shape index (κ3) is 2.46. The Bertz CT molecular complexity index is 738. The highest BCUT2D eigenvalue weighted by molar-refractivity contribution is 5.89. The van der Waals surface area contributed by atoms with Gasteiger partial charge in [0.15, 0.2) is 0 Å². The molecule has 1 aliphatic heterocycles. The van der Waals surface area contributed by atoms with E-state index < -0.39 is 5.60 Å². The van der Waals surface area contributed by atoms with Gasteiger partial charge in [-0.15, -0.1) is 0 Å². The summed E-state index contributed by atoms with van der Waals surface area (Å²) < 4.78 is 5.13. The molecule has 0 saturated carbocycles. The second kappa shape index (κ2) is 5.81. The highest BCUT2D eigenvalue weighted by Crippen LogP contribution is 2.31. The topological polar surface area (TPSA) is 47.6 Å². The van der Waals surface area contributed by atoms with Crippen molar-refractivity contribution >= 4 is 22.4 Å². The molecule has 1 heterocycles. The number of carbonyl (C=O) groups excluding carboxylic acids is 1. The van der Waals surface area contributed by atoms with Crippen molar-refractivity contribution in [1.29, 1.82) is 0 Å². The number of nitrogens with one attached hydrogen (secondary N) is 1. The van der Waals surface area contributed by atoms with Crippen LogP contribution in [0, 0.1) is 0 Å². The molecule has 0 aliphatic carbocycles. The van der Waals surface area contributed by atoms with Crippen molar-refractivity contribution in [3.8, 4) is 0 Å². The fourth-order valence-corrected chi connectivity index (χ4v) is 2.61. The van der Waals surface area contributed by atoms with Gasteiger partial charge in [-0.25, -0.2) is 4.79 Å². The molecule has 3 rings (SSSR count). The van der Waals surface area contributed by atoms with Crippen molar-refractivity contribution in [2.24, 2.45) is 0 Å². The lowest BCUT2D eigenvalue weighted by Crippen LogP contribution is -2.39. The molecule has 4 heteroatoms. The molecule has 114 valence electrons. The summed E-state index contributed by atoms with van der Waals surface area (Å²) in [4.78, 5) is 17.7. The van der Waals surface area contributed by atoms with Crippen LogP contribution in [-0.2, 0) is 14.4 Å². The van der Waals surface area contributed by atoms with E-state index in [1.165, 1.54) is 5.39 Å². The first-order valence-electron chi connectivity index (χ1n) is 7.52. The number of hydroxylamine groups is 1. The van der Waals surface area contributed by atoms with Crippen molar-refractivity contribution in [1.82, 2.24) is 5.48 Å². The van der Waals surface area contributed by atoms with E-state index in [0.29, 0.717) is 13.0 Å². The third-order valence-corrected chi connectivity index (χ3v) is 3.93. The van der Waals surface area contributed by atoms with E-state index in [0.717, 1.165) is 16.6 Å². The van der Waals surface area contributed by atoms with Crippen molar-refractivity contribution in [2.45, 2.75) is 25.9 Å². The summed E-state index contributed by atoms with van der Waals surface area (Å²) in [5.74, 6) is -0.360. The largest absolute Gasteiger partial charge is 0.464 e. The molecular weight excluding hydrogens is 278 g/mol. The Balaban J connectivity index is 1.96. The van der Waals surface area contributed by atoms with Gasteiger partial charge in [0.25, 0.3) is 0 Å². The summed E-state index contributed by atoms with van der Waals surface area (Å²) in [6, 6.07) is 14.3. The second-order valence-electron chi connectivity index (χ2n) is 5.29. The first-order chi connectivity index (χ1) is 10.7. The SMILES string of the molecule is CCOC(=O)C1(CC)C=C(c2ccc3ccccc3c2)NO1. The van der Waals surface area contributed by atoms with Crippen LogP contribution >= 0.6 is 0 Å². The van der Waals surface area contributed by atoms with Gasteiger partial charge >= 0.3 is 5.97 Å². The third-order valence-electron chi connectivity index (χ3n) is 3.93. The van der Waals surface area contributed by atoms with Crippen LogP contribution in [0.1, 0.15) is 25.8 Å². The quantitative estimate of drug-likeness (QED) is 0.878. The Hall–Kier alpha value is -2.33. The highest BCUT2D eigenvalue weighted by atomic mass is 16.7. The molecule has 0 amide bonds. The van der Waals surface area contributed by atoms with Gasteiger partial charge in [-0.3, -0.25) is 10.3 Å². The number of hydrogen-bond donors (Lipinski definition) is 1. The Kier molecular flexibility index (Phi) is 3.86. The molecule has 22 heavy (non-hydrogen) atoms. The van der Waals surface area contributed by atoms with E-state index in [1.807, 2.05) is 31.2 Å². The van der Waals surface area contributed by atoms with E-state index in [1.54, 1.807) is 6.92 Å². The molecule has 0 fully saturated rings. The predicted molar refractivity (Wildman–Crippen MR) is 85.8 cm³/mol. The van der Waals surface area contributed by atoms with Crippen molar-refractivity contribution in [3.63, 3.8) is 0 Å². The van der Waals surface area contributed by atoms with Crippen molar-refractivity contribution < 1.29 is 14.4 Å². The van der Waals surface area contributed by atoms with E-state index in [4.69, 9.17) is 9.57 Å². The number of benzene rings is 2. The normalized spacial score (nSPS) is 20.5. The van der Waals surface area contributed by atoms with E-state index in [-0.39, 0.29) is 5.97 Å². The van der Waals surface area contributed by atoms with Crippen LogP contribution < -0.4 is 5.48 Å². The monoisotopic (exact) mass is 297 g/mol. The zero-order valence-corrected chi connectivity index (χ0v) is 12.8. The van der Waals surface area contributed by atoms with Crippen molar-refractivity contribution in [2.75, 3.05) is 6.61 Å². The lowest BCUT2D eigenvalue weighted by molar-refractivity contribution is -0.168. The molecule has 1 unspecified atom stereocenters. The number of esters is 1. The second-order valence-corrected chi connectivity index (χ2v) is 5.29.